The lowest BCUT2D eigenvalue weighted by Gasteiger charge is -2.39. The van der Waals surface area contributed by atoms with Crippen LogP contribution in [0.25, 0.3) is 10.8 Å². The van der Waals surface area contributed by atoms with E-state index in [-0.39, 0.29) is 5.91 Å². The fourth-order valence-corrected chi connectivity index (χ4v) is 4.08. The third kappa shape index (κ3) is 5.06. The van der Waals surface area contributed by atoms with Gasteiger partial charge in [0.15, 0.2) is 0 Å². The molecule has 3 aromatic carbocycles. The summed E-state index contributed by atoms with van der Waals surface area (Å²) in [5.74, 6) is 1.96. The number of halogens is 3. The largest absolute Gasteiger partial charge is 0.457 e. The Balaban J connectivity index is 1.24. The maximum atomic E-state index is 12.9. The van der Waals surface area contributed by atoms with Crippen molar-refractivity contribution in [3.8, 4) is 11.5 Å². The highest BCUT2D eigenvalue weighted by Gasteiger charge is 2.31. The third-order valence-electron chi connectivity index (χ3n) is 5.98. The maximum Gasteiger partial charge on any atom is 0.416 e. The summed E-state index contributed by atoms with van der Waals surface area (Å²) in [6, 6.07) is 21.1. The number of pyridine rings is 1. The van der Waals surface area contributed by atoms with E-state index in [1.165, 1.54) is 12.1 Å². The van der Waals surface area contributed by atoms with Gasteiger partial charge >= 0.3 is 6.18 Å². The molecule has 0 atom stereocenters. The fraction of sp³-hybridized carbons (Fsp3) is 0.185. The minimum absolute atomic E-state index is 0.0324. The molecule has 0 aliphatic carbocycles. The van der Waals surface area contributed by atoms with Crippen molar-refractivity contribution in [2.45, 2.75) is 6.18 Å². The van der Waals surface area contributed by atoms with Gasteiger partial charge in [0.05, 0.1) is 5.56 Å². The summed E-state index contributed by atoms with van der Waals surface area (Å²) in [4.78, 5) is 19.0. The van der Waals surface area contributed by atoms with Gasteiger partial charge in [0.1, 0.15) is 17.3 Å². The summed E-state index contributed by atoms with van der Waals surface area (Å²) in [6.07, 6.45) is -2.66. The summed E-state index contributed by atoms with van der Waals surface area (Å²) >= 11 is 0. The molecule has 178 valence electrons. The van der Waals surface area contributed by atoms with Crippen molar-refractivity contribution in [2.75, 3.05) is 25.0 Å². The van der Waals surface area contributed by atoms with E-state index in [2.05, 4.69) is 10.3 Å². The number of carbonyl (C=O) groups excluding carboxylic acids is 1. The number of aromatic nitrogens is 1. The molecule has 4 aromatic rings. The number of hydrogen-bond acceptors (Lipinski definition) is 4. The summed E-state index contributed by atoms with van der Waals surface area (Å²) < 4.78 is 44.2. The number of anilines is 1. The zero-order valence-corrected chi connectivity index (χ0v) is 18.6. The van der Waals surface area contributed by atoms with E-state index < -0.39 is 11.7 Å². The van der Waals surface area contributed by atoms with Crippen LogP contribution in [0.3, 0.4) is 0 Å². The number of carbonyl (C=O) groups is 1. The molecule has 0 saturated carbocycles. The minimum Gasteiger partial charge on any atom is -0.457 e. The van der Waals surface area contributed by atoms with Gasteiger partial charge in [-0.25, -0.2) is 4.98 Å². The van der Waals surface area contributed by atoms with Crippen molar-refractivity contribution in [3.63, 3.8) is 0 Å². The van der Waals surface area contributed by atoms with Gasteiger partial charge in [0.25, 0.3) is 5.91 Å². The number of likely N-dealkylation sites (tertiary alicyclic amines) is 1. The van der Waals surface area contributed by atoms with Gasteiger partial charge in [-0.15, -0.1) is 0 Å². The molecular weight excluding hydrogens is 455 g/mol. The fourth-order valence-electron chi connectivity index (χ4n) is 4.08. The standard InChI is InChI=1S/C27H22F3N3O2/c28-27(29,30)21-8-10-22(11-9-21)35-24-5-3-4-19-14-20(7-12-23(19)24)26(34)33-16-18(17-33)15-32-25-6-1-2-13-31-25/h1-14,18H,15-17H2,(H,31,32). The Morgan fingerprint density at radius 2 is 1.80 bits per heavy atom. The highest BCUT2D eigenvalue weighted by atomic mass is 19.4. The molecule has 1 saturated heterocycles. The van der Waals surface area contributed by atoms with Crippen molar-refractivity contribution < 1.29 is 22.7 Å². The summed E-state index contributed by atoms with van der Waals surface area (Å²) in [5, 5.41) is 4.87. The Kier molecular flexibility index (Phi) is 6.03. The lowest BCUT2D eigenvalue weighted by molar-refractivity contribution is -0.137. The van der Waals surface area contributed by atoms with Crippen LogP contribution < -0.4 is 10.1 Å². The lowest BCUT2D eigenvalue weighted by Crippen LogP contribution is -2.52. The number of nitrogens with zero attached hydrogens (tertiary/aromatic N) is 2. The number of ether oxygens (including phenoxy) is 1. The second-order valence-electron chi connectivity index (χ2n) is 8.49. The second kappa shape index (κ2) is 9.29. The van der Waals surface area contributed by atoms with E-state index in [1.54, 1.807) is 24.4 Å². The van der Waals surface area contributed by atoms with Crippen LogP contribution in [-0.2, 0) is 6.18 Å². The van der Waals surface area contributed by atoms with Gasteiger partial charge in [0, 0.05) is 42.7 Å². The van der Waals surface area contributed by atoms with E-state index in [4.69, 9.17) is 4.74 Å². The molecule has 0 radical (unpaired) electrons. The Hall–Kier alpha value is -4.07. The molecule has 35 heavy (non-hydrogen) atoms. The van der Waals surface area contributed by atoms with Crippen LogP contribution in [-0.4, -0.2) is 35.4 Å². The topological polar surface area (TPSA) is 54.5 Å². The normalized spacial score (nSPS) is 14.0. The molecule has 1 fully saturated rings. The molecule has 0 spiro atoms. The zero-order chi connectivity index (χ0) is 24.4. The van der Waals surface area contributed by atoms with E-state index >= 15 is 0 Å². The minimum atomic E-state index is -4.40. The predicted molar refractivity (Wildman–Crippen MR) is 128 cm³/mol. The number of alkyl halides is 3. The summed E-state index contributed by atoms with van der Waals surface area (Å²) in [7, 11) is 0. The molecule has 2 heterocycles. The van der Waals surface area contributed by atoms with Gasteiger partial charge < -0.3 is 15.0 Å². The molecule has 1 aliphatic heterocycles. The molecule has 1 aliphatic rings. The number of amides is 1. The average Bonchev–Trinajstić information content (AvgIpc) is 2.83. The molecule has 0 unspecified atom stereocenters. The van der Waals surface area contributed by atoms with E-state index in [0.29, 0.717) is 36.1 Å². The van der Waals surface area contributed by atoms with Crippen LogP contribution in [0.5, 0.6) is 11.5 Å². The van der Waals surface area contributed by atoms with Gasteiger partial charge in [-0.1, -0.05) is 18.2 Å². The molecule has 5 nitrogen and oxygen atoms in total. The van der Waals surface area contributed by atoms with E-state index in [9.17, 15) is 18.0 Å². The van der Waals surface area contributed by atoms with Gasteiger partial charge in [-0.3, -0.25) is 4.79 Å². The zero-order valence-electron chi connectivity index (χ0n) is 18.6. The van der Waals surface area contributed by atoms with Gasteiger partial charge in [-0.05, 0) is 66.0 Å². The first-order chi connectivity index (χ1) is 16.9. The average molecular weight is 477 g/mol. The smallest absolute Gasteiger partial charge is 0.416 e. The summed E-state index contributed by atoms with van der Waals surface area (Å²) in [6.45, 7) is 2.10. The quantitative estimate of drug-likeness (QED) is 0.358. The van der Waals surface area contributed by atoms with E-state index in [1.807, 2.05) is 41.3 Å². The number of rotatable bonds is 6. The predicted octanol–water partition coefficient (Wildman–Crippen LogP) is 6.23. The SMILES string of the molecule is O=C(c1ccc2c(Oc3ccc(C(F)(F)F)cc3)cccc2c1)N1CC(CNc2ccccn2)C1. The van der Waals surface area contributed by atoms with Crippen molar-refractivity contribution in [2.24, 2.45) is 5.92 Å². The first kappa shape index (κ1) is 22.7. The van der Waals surface area contributed by atoms with E-state index in [0.717, 1.165) is 35.3 Å². The molecule has 1 N–H and O–H groups in total. The molecule has 8 heteroatoms. The van der Waals surface area contributed by atoms with Crippen molar-refractivity contribution >= 4 is 22.5 Å². The van der Waals surface area contributed by atoms with Crippen molar-refractivity contribution in [3.05, 3.63) is 96.2 Å². The number of benzene rings is 3. The first-order valence-corrected chi connectivity index (χ1v) is 11.2. The van der Waals surface area contributed by atoms with Crippen LogP contribution in [0.15, 0.2) is 85.1 Å². The van der Waals surface area contributed by atoms with Crippen LogP contribution in [0.4, 0.5) is 19.0 Å². The van der Waals surface area contributed by atoms with Gasteiger partial charge in [0.2, 0.25) is 0 Å². The number of nitrogens with one attached hydrogen (secondary N) is 1. The Morgan fingerprint density at radius 1 is 1.00 bits per heavy atom. The number of hydrogen-bond donors (Lipinski definition) is 1. The van der Waals surface area contributed by atoms with Crippen LogP contribution in [0, 0.1) is 5.92 Å². The van der Waals surface area contributed by atoms with Crippen LogP contribution in [0.2, 0.25) is 0 Å². The Bertz CT molecular complexity index is 1340. The highest BCUT2D eigenvalue weighted by molar-refractivity contribution is 6.00. The highest BCUT2D eigenvalue weighted by Crippen LogP contribution is 2.34. The van der Waals surface area contributed by atoms with Crippen LogP contribution >= 0.6 is 0 Å². The second-order valence-corrected chi connectivity index (χ2v) is 8.49. The van der Waals surface area contributed by atoms with Crippen molar-refractivity contribution in [1.29, 1.82) is 0 Å². The Morgan fingerprint density at radius 3 is 2.51 bits per heavy atom. The molecule has 5 rings (SSSR count). The van der Waals surface area contributed by atoms with Crippen LogP contribution in [0.1, 0.15) is 15.9 Å². The maximum absolute atomic E-state index is 12.9. The number of fused-ring (bicyclic) bond motifs is 1. The third-order valence-corrected chi connectivity index (χ3v) is 5.98. The lowest BCUT2D eigenvalue weighted by atomic mass is 9.98. The first-order valence-electron chi connectivity index (χ1n) is 11.2. The van der Waals surface area contributed by atoms with Gasteiger partial charge in [-0.2, -0.15) is 13.2 Å². The molecule has 0 bridgehead atoms. The van der Waals surface area contributed by atoms with Crippen molar-refractivity contribution in [1.82, 2.24) is 9.88 Å². The monoisotopic (exact) mass is 477 g/mol. The Labute approximate surface area is 200 Å². The molecule has 1 amide bonds. The summed E-state index contributed by atoms with van der Waals surface area (Å²) in [5.41, 5.74) is -0.146. The molecular formula is C27H22F3N3O2. The molecule has 1 aromatic heterocycles.